The minimum Gasteiger partial charge on any atom is -0.437 e. The quantitative estimate of drug-likeness (QED) is 0.279. The van der Waals surface area contributed by atoms with Crippen LogP contribution in [0, 0.1) is 29.9 Å². The number of nitrogens with one attached hydrogen (secondary N) is 2. The Morgan fingerprint density at radius 3 is 2.43 bits per heavy atom. The zero-order valence-corrected chi connectivity index (χ0v) is 22.3. The van der Waals surface area contributed by atoms with Crippen molar-refractivity contribution in [2.24, 2.45) is 5.92 Å². The summed E-state index contributed by atoms with van der Waals surface area (Å²) in [5.74, 6) is -0.421. The average molecular weight is 530 g/mol. The van der Waals surface area contributed by atoms with Gasteiger partial charge in [-0.25, -0.2) is 13.1 Å². The van der Waals surface area contributed by atoms with Gasteiger partial charge in [0.25, 0.3) is 11.6 Å². The molecule has 0 atom stereocenters. The molecule has 198 valence electrons. The van der Waals surface area contributed by atoms with Crippen molar-refractivity contribution in [2.75, 3.05) is 13.1 Å². The number of carbonyl (C=O) groups is 1. The van der Waals surface area contributed by atoms with E-state index in [2.05, 4.69) is 15.1 Å². The number of nitro groups is 1. The van der Waals surface area contributed by atoms with Gasteiger partial charge in [0.2, 0.25) is 15.9 Å². The Morgan fingerprint density at radius 1 is 1.16 bits per heavy atom. The molecular formula is C25H31N5O6S. The number of rotatable bonds is 11. The molecule has 0 spiro atoms. The monoisotopic (exact) mass is 529 g/mol. The summed E-state index contributed by atoms with van der Waals surface area (Å²) in [6.45, 7) is 9.76. The number of benzene rings is 2. The molecule has 0 bridgehead atoms. The van der Waals surface area contributed by atoms with E-state index in [1.54, 1.807) is 19.1 Å². The standard InChI is InChI=1S/C25H31N5O6S/c1-6-13-26-24(31)23-18(5)25(29(28-23)19-9-7-17(4)8-10-19)36-21-12-11-20(30(32)33)14-22(21)37(34,35)27-15-16(2)3/h7-12,14,16,27H,6,13,15H2,1-5H3,(H,26,31). The molecule has 3 rings (SSSR count). The molecular weight excluding hydrogens is 498 g/mol. The van der Waals surface area contributed by atoms with E-state index in [4.69, 9.17) is 4.74 Å². The molecule has 1 aromatic heterocycles. The first-order valence-electron chi connectivity index (χ1n) is 11.9. The Hall–Kier alpha value is -3.77. The number of ether oxygens (including phenoxy) is 1. The van der Waals surface area contributed by atoms with Gasteiger partial charge in [-0.2, -0.15) is 9.78 Å². The van der Waals surface area contributed by atoms with E-state index in [1.165, 1.54) is 10.7 Å². The molecule has 3 aromatic rings. The van der Waals surface area contributed by atoms with Crippen molar-refractivity contribution in [3.8, 4) is 17.3 Å². The number of aromatic nitrogens is 2. The number of amides is 1. The van der Waals surface area contributed by atoms with Crippen molar-refractivity contribution < 1.29 is 22.9 Å². The summed E-state index contributed by atoms with van der Waals surface area (Å²) in [7, 11) is -4.17. The van der Waals surface area contributed by atoms with Crippen LogP contribution in [0.5, 0.6) is 11.6 Å². The van der Waals surface area contributed by atoms with E-state index < -0.39 is 31.4 Å². The number of nitrogens with zero attached hydrogens (tertiary/aromatic N) is 3. The van der Waals surface area contributed by atoms with E-state index in [9.17, 15) is 23.3 Å². The van der Waals surface area contributed by atoms with Crippen LogP contribution in [0.25, 0.3) is 5.69 Å². The lowest BCUT2D eigenvalue weighted by molar-refractivity contribution is -0.385. The number of sulfonamides is 1. The second kappa shape index (κ2) is 11.5. The fourth-order valence-corrected chi connectivity index (χ4v) is 4.72. The van der Waals surface area contributed by atoms with Crippen LogP contribution in [-0.4, -0.2) is 42.1 Å². The molecule has 0 radical (unpaired) electrons. The minimum absolute atomic E-state index is 0.00671. The number of nitro benzene ring substituents is 1. The zero-order valence-electron chi connectivity index (χ0n) is 21.4. The molecule has 0 aliphatic rings. The predicted octanol–water partition coefficient (Wildman–Crippen LogP) is 4.26. The molecule has 0 aliphatic carbocycles. The summed E-state index contributed by atoms with van der Waals surface area (Å²) < 4.78 is 36.2. The Labute approximate surface area is 216 Å². The van der Waals surface area contributed by atoms with Crippen LogP contribution in [0.1, 0.15) is 48.8 Å². The third kappa shape index (κ3) is 6.52. The third-order valence-corrected chi connectivity index (χ3v) is 6.86. The molecule has 0 saturated carbocycles. The van der Waals surface area contributed by atoms with Crippen molar-refractivity contribution in [2.45, 2.75) is 45.9 Å². The summed E-state index contributed by atoms with van der Waals surface area (Å²) in [6, 6.07) is 10.7. The van der Waals surface area contributed by atoms with Gasteiger partial charge in [0.05, 0.1) is 10.6 Å². The number of non-ortho nitro benzene ring substituents is 1. The zero-order chi connectivity index (χ0) is 27.3. The fraction of sp³-hybridized carbons (Fsp3) is 0.360. The van der Waals surface area contributed by atoms with E-state index in [-0.39, 0.29) is 29.8 Å². The summed E-state index contributed by atoms with van der Waals surface area (Å²) in [5, 5.41) is 18.6. The van der Waals surface area contributed by atoms with Gasteiger partial charge in [-0.1, -0.05) is 38.5 Å². The smallest absolute Gasteiger partial charge is 0.272 e. The number of hydrogen-bond acceptors (Lipinski definition) is 7. The first-order valence-corrected chi connectivity index (χ1v) is 13.3. The number of aryl methyl sites for hydroxylation is 1. The van der Waals surface area contributed by atoms with Crippen LogP contribution in [-0.2, 0) is 10.0 Å². The average Bonchev–Trinajstić information content (AvgIpc) is 3.17. The lowest BCUT2D eigenvalue weighted by Crippen LogP contribution is -2.28. The first-order chi connectivity index (χ1) is 17.4. The number of carbonyl (C=O) groups excluding carboxylic acids is 1. The highest BCUT2D eigenvalue weighted by atomic mass is 32.2. The van der Waals surface area contributed by atoms with Crippen LogP contribution in [0.4, 0.5) is 5.69 Å². The Balaban J connectivity index is 2.17. The van der Waals surface area contributed by atoms with Crippen molar-refractivity contribution in [1.29, 1.82) is 0 Å². The molecule has 1 heterocycles. The molecule has 1 amide bonds. The second-order valence-corrected chi connectivity index (χ2v) is 10.8. The largest absolute Gasteiger partial charge is 0.437 e. The predicted molar refractivity (Wildman–Crippen MR) is 139 cm³/mol. The summed E-state index contributed by atoms with van der Waals surface area (Å²) >= 11 is 0. The van der Waals surface area contributed by atoms with E-state index in [1.807, 2.05) is 39.8 Å². The van der Waals surface area contributed by atoms with Gasteiger partial charge >= 0.3 is 0 Å². The fourth-order valence-electron chi connectivity index (χ4n) is 3.36. The van der Waals surface area contributed by atoms with Gasteiger partial charge < -0.3 is 10.1 Å². The maximum Gasteiger partial charge on any atom is 0.272 e. The van der Waals surface area contributed by atoms with Gasteiger partial charge in [-0.15, -0.1) is 0 Å². The molecule has 37 heavy (non-hydrogen) atoms. The van der Waals surface area contributed by atoms with Crippen LogP contribution < -0.4 is 14.8 Å². The van der Waals surface area contributed by atoms with Crippen molar-refractivity contribution in [3.05, 3.63) is 69.4 Å². The van der Waals surface area contributed by atoms with E-state index in [0.717, 1.165) is 24.1 Å². The molecule has 0 unspecified atom stereocenters. The summed E-state index contributed by atoms with van der Waals surface area (Å²) in [4.78, 5) is 23.1. The highest BCUT2D eigenvalue weighted by Gasteiger charge is 2.28. The van der Waals surface area contributed by atoms with E-state index >= 15 is 0 Å². The van der Waals surface area contributed by atoms with Crippen LogP contribution in [0.3, 0.4) is 0 Å². The van der Waals surface area contributed by atoms with Gasteiger partial charge in [0.1, 0.15) is 10.6 Å². The topological polar surface area (TPSA) is 145 Å². The van der Waals surface area contributed by atoms with E-state index in [0.29, 0.717) is 17.8 Å². The molecule has 0 aliphatic heterocycles. The summed E-state index contributed by atoms with van der Waals surface area (Å²) in [6.07, 6.45) is 0.736. The van der Waals surface area contributed by atoms with Crippen LogP contribution >= 0.6 is 0 Å². The van der Waals surface area contributed by atoms with Crippen molar-refractivity contribution in [3.63, 3.8) is 0 Å². The van der Waals surface area contributed by atoms with Gasteiger partial charge in [-0.3, -0.25) is 14.9 Å². The molecule has 2 aromatic carbocycles. The molecule has 0 saturated heterocycles. The third-order valence-electron chi connectivity index (χ3n) is 5.41. The molecule has 2 N–H and O–H groups in total. The van der Waals surface area contributed by atoms with Crippen LogP contribution in [0.15, 0.2) is 47.4 Å². The normalized spacial score (nSPS) is 11.5. The van der Waals surface area contributed by atoms with Gasteiger partial charge in [-0.05, 0) is 44.4 Å². The first kappa shape index (κ1) is 27.8. The van der Waals surface area contributed by atoms with Gasteiger partial charge in [0.15, 0.2) is 5.69 Å². The summed E-state index contributed by atoms with van der Waals surface area (Å²) in [5.41, 5.74) is 1.69. The highest BCUT2D eigenvalue weighted by Crippen LogP contribution is 2.35. The molecule has 12 heteroatoms. The Morgan fingerprint density at radius 2 is 1.84 bits per heavy atom. The second-order valence-electron chi connectivity index (χ2n) is 9.02. The Bertz CT molecular complexity index is 1400. The molecule has 11 nitrogen and oxygen atoms in total. The van der Waals surface area contributed by atoms with Crippen molar-refractivity contribution in [1.82, 2.24) is 19.8 Å². The maximum absolute atomic E-state index is 13.1. The highest BCUT2D eigenvalue weighted by molar-refractivity contribution is 7.89. The lowest BCUT2D eigenvalue weighted by Gasteiger charge is -2.15. The minimum atomic E-state index is -4.17. The number of hydrogen-bond donors (Lipinski definition) is 2. The SMILES string of the molecule is CCCNC(=O)c1nn(-c2ccc(C)cc2)c(Oc2ccc([N+](=O)[O-])cc2S(=O)(=O)NCC(C)C)c1C. The Kier molecular flexibility index (Phi) is 8.66. The van der Waals surface area contributed by atoms with Crippen molar-refractivity contribution >= 4 is 21.6 Å². The lowest BCUT2D eigenvalue weighted by atomic mass is 10.2. The molecule has 0 fully saturated rings. The maximum atomic E-state index is 13.1. The van der Waals surface area contributed by atoms with Gasteiger partial charge in [0, 0.05) is 30.8 Å². The van der Waals surface area contributed by atoms with Crippen LogP contribution in [0.2, 0.25) is 0 Å².